The van der Waals surface area contributed by atoms with Gasteiger partial charge in [-0.25, -0.2) is 4.98 Å². The number of pyridine rings is 1. The van der Waals surface area contributed by atoms with E-state index in [1.165, 1.54) is 6.07 Å². The van der Waals surface area contributed by atoms with E-state index in [0.717, 1.165) is 18.7 Å². The first-order valence-corrected chi connectivity index (χ1v) is 4.20. The summed E-state index contributed by atoms with van der Waals surface area (Å²) in [7, 11) is 0. The lowest BCUT2D eigenvalue weighted by Gasteiger charge is -2.07. The Kier molecular flexibility index (Phi) is 3.33. The fourth-order valence-corrected chi connectivity index (χ4v) is 0.840. The van der Waals surface area contributed by atoms with Crippen molar-refractivity contribution in [3.05, 3.63) is 23.9 Å². The molecule has 0 fully saturated rings. The number of halogens is 3. The van der Waals surface area contributed by atoms with Crippen LogP contribution in [0.25, 0.3) is 0 Å². The second kappa shape index (κ2) is 4.30. The van der Waals surface area contributed by atoms with Crippen LogP contribution in [0.4, 0.5) is 13.2 Å². The van der Waals surface area contributed by atoms with Gasteiger partial charge in [0.1, 0.15) is 0 Å². The number of alkyl halides is 3. The van der Waals surface area contributed by atoms with Crippen molar-refractivity contribution < 1.29 is 17.9 Å². The largest absolute Gasteiger partial charge is 0.478 e. The van der Waals surface area contributed by atoms with E-state index >= 15 is 0 Å². The van der Waals surface area contributed by atoms with Crippen molar-refractivity contribution in [1.82, 2.24) is 4.98 Å². The molecule has 0 aliphatic carbocycles. The Hall–Kier alpha value is -1.26. The van der Waals surface area contributed by atoms with Gasteiger partial charge in [0.15, 0.2) is 0 Å². The van der Waals surface area contributed by atoms with Crippen LogP contribution in [0.5, 0.6) is 5.88 Å². The molecule has 1 heterocycles. The predicted octanol–water partition coefficient (Wildman–Crippen LogP) is 2.89. The highest BCUT2D eigenvalue weighted by Crippen LogP contribution is 2.29. The standard InChI is InChI=1S/C9H10F3NO/c1-2-5-14-8-4-3-7(6-13-8)9(10,11)12/h3-4,6H,2,5H2,1H3. The lowest BCUT2D eigenvalue weighted by atomic mass is 10.3. The molecule has 1 rings (SSSR count). The van der Waals surface area contributed by atoms with Crippen LogP contribution in [0, 0.1) is 0 Å². The Balaban J connectivity index is 2.69. The number of rotatable bonds is 3. The minimum absolute atomic E-state index is 0.222. The molecule has 0 saturated carbocycles. The zero-order valence-electron chi connectivity index (χ0n) is 7.64. The zero-order chi connectivity index (χ0) is 10.6. The quantitative estimate of drug-likeness (QED) is 0.756. The summed E-state index contributed by atoms with van der Waals surface area (Å²) in [6, 6.07) is 2.18. The van der Waals surface area contributed by atoms with Crippen molar-refractivity contribution >= 4 is 0 Å². The molecule has 0 saturated heterocycles. The molecule has 1 aromatic rings. The van der Waals surface area contributed by atoms with Gasteiger partial charge in [0, 0.05) is 12.3 Å². The van der Waals surface area contributed by atoms with Crippen molar-refractivity contribution in [2.24, 2.45) is 0 Å². The minimum Gasteiger partial charge on any atom is -0.478 e. The van der Waals surface area contributed by atoms with Gasteiger partial charge >= 0.3 is 6.18 Å². The first-order valence-electron chi connectivity index (χ1n) is 4.20. The van der Waals surface area contributed by atoms with Gasteiger partial charge in [0.25, 0.3) is 0 Å². The molecule has 0 N–H and O–H groups in total. The SMILES string of the molecule is CCCOc1ccc(C(F)(F)F)cn1. The second-order valence-electron chi connectivity index (χ2n) is 2.73. The van der Waals surface area contributed by atoms with Crippen molar-refractivity contribution in [3.8, 4) is 5.88 Å². The summed E-state index contributed by atoms with van der Waals surface area (Å²) in [5, 5.41) is 0. The molecule has 0 bridgehead atoms. The Morgan fingerprint density at radius 1 is 1.36 bits per heavy atom. The molecular weight excluding hydrogens is 195 g/mol. The molecule has 0 aliphatic rings. The Labute approximate surface area is 79.7 Å². The Morgan fingerprint density at radius 3 is 2.50 bits per heavy atom. The van der Waals surface area contributed by atoms with Crippen LogP contribution in [0.1, 0.15) is 18.9 Å². The molecule has 14 heavy (non-hydrogen) atoms. The number of aromatic nitrogens is 1. The average molecular weight is 205 g/mol. The van der Waals surface area contributed by atoms with Crippen molar-refractivity contribution in [2.45, 2.75) is 19.5 Å². The normalized spacial score (nSPS) is 11.4. The summed E-state index contributed by atoms with van der Waals surface area (Å²) in [5.41, 5.74) is -0.763. The van der Waals surface area contributed by atoms with Crippen LogP contribution in [-0.4, -0.2) is 11.6 Å². The number of nitrogens with zero attached hydrogens (tertiary/aromatic N) is 1. The van der Waals surface area contributed by atoms with Gasteiger partial charge in [0.05, 0.1) is 12.2 Å². The van der Waals surface area contributed by atoms with E-state index in [1.807, 2.05) is 6.92 Å². The highest BCUT2D eigenvalue weighted by Gasteiger charge is 2.30. The van der Waals surface area contributed by atoms with Gasteiger partial charge in [-0.3, -0.25) is 0 Å². The fraction of sp³-hybridized carbons (Fsp3) is 0.444. The predicted molar refractivity (Wildman–Crippen MR) is 45.0 cm³/mol. The molecule has 0 radical (unpaired) electrons. The van der Waals surface area contributed by atoms with Crippen LogP contribution in [-0.2, 0) is 6.18 Å². The van der Waals surface area contributed by atoms with Gasteiger partial charge in [0.2, 0.25) is 5.88 Å². The van der Waals surface area contributed by atoms with Crippen LogP contribution in [0.3, 0.4) is 0 Å². The monoisotopic (exact) mass is 205 g/mol. The maximum Gasteiger partial charge on any atom is 0.417 e. The van der Waals surface area contributed by atoms with Gasteiger partial charge in [-0.15, -0.1) is 0 Å². The molecule has 1 aromatic heterocycles. The van der Waals surface area contributed by atoms with Crippen LogP contribution in [0.2, 0.25) is 0 Å². The Morgan fingerprint density at radius 2 is 2.07 bits per heavy atom. The van der Waals surface area contributed by atoms with Crippen molar-refractivity contribution in [2.75, 3.05) is 6.61 Å². The third-order valence-corrected chi connectivity index (χ3v) is 1.52. The van der Waals surface area contributed by atoms with E-state index in [-0.39, 0.29) is 5.88 Å². The lowest BCUT2D eigenvalue weighted by Crippen LogP contribution is -2.06. The van der Waals surface area contributed by atoms with E-state index in [4.69, 9.17) is 4.74 Å². The highest BCUT2D eigenvalue weighted by atomic mass is 19.4. The molecule has 0 aromatic carbocycles. The molecule has 0 aliphatic heterocycles. The van der Waals surface area contributed by atoms with E-state index < -0.39 is 11.7 Å². The van der Waals surface area contributed by atoms with Gasteiger partial charge in [-0.05, 0) is 12.5 Å². The zero-order valence-corrected chi connectivity index (χ0v) is 7.64. The molecular formula is C9H10F3NO. The van der Waals surface area contributed by atoms with Gasteiger partial charge in [-0.2, -0.15) is 13.2 Å². The first-order chi connectivity index (χ1) is 6.54. The van der Waals surface area contributed by atoms with Crippen LogP contribution >= 0.6 is 0 Å². The van der Waals surface area contributed by atoms with Gasteiger partial charge in [-0.1, -0.05) is 6.92 Å². The summed E-state index contributed by atoms with van der Waals surface area (Å²) in [5.74, 6) is 0.222. The van der Waals surface area contributed by atoms with E-state index in [0.29, 0.717) is 6.61 Å². The average Bonchev–Trinajstić information content (AvgIpc) is 2.14. The summed E-state index contributed by atoms with van der Waals surface area (Å²) in [6.07, 6.45) is -2.77. The number of ether oxygens (including phenoxy) is 1. The minimum atomic E-state index is -4.34. The molecule has 0 atom stereocenters. The van der Waals surface area contributed by atoms with Crippen molar-refractivity contribution in [1.29, 1.82) is 0 Å². The van der Waals surface area contributed by atoms with Crippen LogP contribution < -0.4 is 4.74 Å². The van der Waals surface area contributed by atoms with Crippen LogP contribution in [0.15, 0.2) is 18.3 Å². The summed E-state index contributed by atoms with van der Waals surface area (Å²) >= 11 is 0. The molecule has 2 nitrogen and oxygen atoms in total. The van der Waals surface area contributed by atoms with Crippen molar-refractivity contribution in [3.63, 3.8) is 0 Å². The second-order valence-corrected chi connectivity index (χ2v) is 2.73. The highest BCUT2D eigenvalue weighted by molar-refractivity contribution is 5.19. The maximum absolute atomic E-state index is 12.1. The number of hydrogen-bond acceptors (Lipinski definition) is 2. The molecule has 0 unspecified atom stereocenters. The lowest BCUT2D eigenvalue weighted by molar-refractivity contribution is -0.137. The Bertz CT molecular complexity index is 281. The fourth-order valence-electron chi connectivity index (χ4n) is 0.840. The van der Waals surface area contributed by atoms with Gasteiger partial charge < -0.3 is 4.74 Å². The smallest absolute Gasteiger partial charge is 0.417 e. The molecule has 0 spiro atoms. The molecule has 78 valence electrons. The maximum atomic E-state index is 12.1. The topological polar surface area (TPSA) is 22.1 Å². The third-order valence-electron chi connectivity index (χ3n) is 1.52. The summed E-state index contributed by atoms with van der Waals surface area (Å²) < 4.78 is 41.3. The third kappa shape index (κ3) is 2.90. The molecule has 0 amide bonds. The van der Waals surface area contributed by atoms with E-state index in [9.17, 15) is 13.2 Å². The van der Waals surface area contributed by atoms with E-state index in [2.05, 4.69) is 4.98 Å². The van der Waals surface area contributed by atoms with E-state index in [1.54, 1.807) is 0 Å². The first kappa shape index (κ1) is 10.8. The summed E-state index contributed by atoms with van der Waals surface area (Å²) in [4.78, 5) is 3.54. The summed E-state index contributed by atoms with van der Waals surface area (Å²) in [6.45, 7) is 2.36. The molecule has 5 heteroatoms. The number of hydrogen-bond donors (Lipinski definition) is 0.